The minimum Gasteiger partial charge on any atom is -0.334 e. The summed E-state index contributed by atoms with van der Waals surface area (Å²) in [5.41, 5.74) is 1.09. The van der Waals surface area contributed by atoms with E-state index in [1.54, 1.807) is 11.7 Å². The van der Waals surface area contributed by atoms with Gasteiger partial charge in [-0.3, -0.25) is 4.68 Å². The minimum atomic E-state index is -1.27. The molecular weight excluding hydrogens is 306 g/mol. The molecule has 2 N–H and O–H groups in total. The molecule has 0 unspecified atom stereocenters. The number of benzene rings is 1. The second-order valence-electron chi connectivity index (χ2n) is 6.74. The first-order chi connectivity index (χ1) is 10.8. The van der Waals surface area contributed by atoms with Gasteiger partial charge in [0.15, 0.2) is 0 Å². The lowest BCUT2D eigenvalue weighted by atomic mass is 10.2. The van der Waals surface area contributed by atoms with Crippen molar-refractivity contribution >= 4 is 19.3 Å². The summed E-state index contributed by atoms with van der Waals surface area (Å²) in [6.45, 7) is 9.35. The summed E-state index contributed by atoms with van der Waals surface area (Å²) in [5, 5.41) is 11.2. The quantitative estimate of drug-likeness (QED) is 0.822. The van der Waals surface area contributed by atoms with Crippen LogP contribution in [0.2, 0.25) is 19.6 Å². The van der Waals surface area contributed by atoms with Crippen LogP contribution in [0, 0.1) is 0 Å². The standard InChI is InChI=1S/C16H25N5OSi/c1-12(15-18-11-19-21(15)2)20-16(22)17-10-13-6-8-14(9-7-13)23(3,4)5/h6-9,11-12H,10H2,1-5H3,(H2,17,20,22)/t12-/m0/s1. The SMILES string of the molecule is C[C@H](NC(=O)NCc1ccc([Si](C)(C)C)cc1)c1ncnn1C. The van der Waals surface area contributed by atoms with Crippen LogP contribution in [0.4, 0.5) is 4.79 Å². The fraction of sp³-hybridized carbons (Fsp3) is 0.438. The first kappa shape index (κ1) is 17.2. The van der Waals surface area contributed by atoms with E-state index in [0.717, 1.165) is 11.4 Å². The van der Waals surface area contributed by atoms with Crippen LogP contribution in [-0.4, -0.2) is 28.9 Å². The molecule has 0 spiro atoms. The van der Waals surface area contributed by atoms with Crippen molar-refractivity contribution in [3.05, 3.63) is 42.0 Å². The Bertz CT molecular complexity index is 660. The van der Waals surface area contributed by atoms with Crippen LogP contribution in [0.3, 0.4) is 0 Å². The van der Waals surface area contributed by atoms with E-state index in [1.165, 1.54) is 11.5 Å². The Balaban J connectivity index is 1.86. The number of amides is 2. The number of aryl methyl sites for hydroxylation is 1. The molecule has 0 saturated carbocycles. The number of aromatic nitrogens is 3. The molecule has 124 valence electrons. The largest absolute Gasteiger partial charge is 0.334 e. The fourth-order valence-electron chi connectivity index (χ4n) is 2.31. The van der Waals surface area contributed by atoms with Crippen molar-refractivity contribution in [2.75, 3.05) is 0 Å². The van der Waals surface area contributed by atoms with Gasteiger partial charge in [0.2, 0.25) is 0 Å². The van der Waals surface area contributed by atoms with Gasteiger partial charge in [-0.2, -0.15) is 5.10 Å². The second kappa shape index (κ2) is 6.95. The Hall–Kier alpha value is -2.15. The Morgan fingerprint density at radius 2 is 1.91 bits per heavy atom. The normalized spacial score (nSPS) is 12.7. The van der Waals surface area contributed by atoms with E-state index in [2.05, 4.69) is 64.6 Å². The monoisotopic (exact) mass is 331 g/mol. The number of nitrogens with zero attached hydrogens (tertiary/aromatic N) is 3. The Kier molecular flexibility index (Phi) is 5.20. The zero-order valence-electron chi connectivity index (χ0n) is 14.4. The van der Waals surface area contributed by atoms with Crippen molar-refractivity contribution < 1.29 is 4.79 Å². The van der Waals surface area contributed by atoms with E-state index in [-0.39, 0.29) is 12.1 Å². The number of hydrogen-bond acceptors (Lipinski definition) is 3. The van der Waals surface area contributed by atoms with Gasteiger partial charge in [-0.25, -0.2) is 9.78 Å². The van der Waals surface area contributed by atoms with E-state index in [4.69, 9.17) is 0 Å². The summed E-state index contributed by atoms with van der Waals surface area (Å²) < 4.78 is 1.65. The number of carbonyl (C=O) groups is 1. The Morgan fingerprint density at radius 1 is 1.26 bits per heavy atom. The molecule has 7 heteroatoms. The second-order valence-corrected chi connectivity index (χ2v) is 11.8. The highest BCUT2D eigenvalue weighted by molar-refractivity contribution is 6.88. The maximum atomic E-state index is 12.0. The highest BCUT2D eigenvalue weighted by Gasteiger charge is 2.16. The first-order valence-corrected chi connectivity index (χ1v) is 11.2. The van der Waals surface area contributed by atoms with Gasteiger partial charge in [0.05, 0.1) is 14.1 Å². The molecule has 0 radical (unpaired) electrons. The average molecular weight is 331 g/mol. The molecule has 0 aliphatic heterocycles. The number of carbonyl (C=O) groups excluding carboxylic acids is 1. The molecule has 1 atom stereocenters. The van der Waals surface area contributed by atoms with Crippen molar-refractivity contribution in [3.63, 3.8) is 0 Å². The van der Waals surface area contributed by atoms with Crippen LogP contribution in [0.5, 0.6) is 0 Å². The van der Waals surface area contributed by atoms with E-state index in [9.17, 15) is 4.79 Å². The van der Waals surface area contributed by atoms with Crippen LogP contribution in [0.25, 0.3) is 0 Å². The molecule has 2 rings (SSSR count). The lowest BCUT2D eigenvalue weighted by molar-refractivity contribution is 0.237. The molecule has 1 aromatic carbocycles. The van der Waals surface area contributed by atoms with Crippen LogP contribution in [0.1, 0.15) is 24.4 Å². The molecular formula is C16H25N5OSi. The number of urea groups is 1. The van der Waals surface area contributed by atoms with Gasteiger partial charge >= 0.3 is 6.03 Å². The first-order valence-electron chi connectivity index (χ1n) is 7.75. The molecule has 6 nitrogen and oxygen atoms in total. The van der Waals surface area contributed by atoms with Crippen molar-refractivity contribution in [1.82, 2.24) is 25.4 Å². The van der Waals surface area contributed by atoms with Gasteiger partial charge in [0.1, 0.15) is 12.2 Å². The molecule has 1 aromatic heterocycles. The third kappa shape index (κ3) is 4.66. The van der Waals surface area contributed by atoms with Crippen molar-refractivity contribution in [2.45, 2.75) is 39.2 Å². The zero-order chi connectivity index (χ0) is 17.0. The third-order valence-electron chi connectivity index (χ3n) is 3.75. The van der Waals surface area contributed by atoms with E-state index in [0.29, 0.717) is 6.54 Å². The minimum absolute atomic E-state index is 0.197. The molecule has 0 aliphatic rings. The summed E-state index contributed by atoms with van der Waals surface area (Å²) in [6, 6.07) is 8.10. The van der Waals surface area contributed by atoms with Gasteiger partial charge in [-0.15, -0.1) is 0 Å². The van der Waals surface area contributed by atoms with Gasteiger partial charge in [0.25, 0.3) is 0 Å². The van der Waals surface area contributed by atoms with Crippen LogP contribution in [-0.2, 0) is 13.6 Å². The van der Waals surface area contributed by atoms with E-state index >= 15 is 0 Å². The van der Waals surface area contributed by atoms with E-state index < -0.39 is 8.07 Å². The summed E-state index contributed by atoms with van der Waals surface area (Å²) in [7, 11) is 0.530. The van der Waals surface area contributed by atoms with Crippen molar-refractivity contribution in [2.24, 2.45) is 7.05 Å². The van der Waals surface area contributed by atoms with Gasteiger partial charge in [0, 0.05) is 13.6 Å². The lowest BCUT2D eigenvalue weighted by Crippen LogP contribution is -2.38. The summed E-state index contributed by atoms with van der Waals surface area (Å²) in [6.07, 6.45) is 1.48. The number of rotatable bonds is 5. The molecule has 0 aliphatic carbocycles. The van der Waals surface area contributed by atoms with Gasteiger partial charge in [-0.1, -0.05) is 49.1 Å². The molecule has 2 aromatic rings. The Morgan fingerprint density at radius 3 is 2.43 bits per heavy atom. The highest BCUT2D eigenvalue weighted by Crippen LogP contribution is 2.07. The maximum absolute atomic E-state index is 12.0. The van der Waals surface area contributed by atoms with Gasteiger partial charge < -0.3 is 10.6 Å². The van der Waals surface area contributed by atoms with Crippen LogP contribution >= 0.6 is 0 Å². The molecule has 1 heterocycles. The average Bonchev–Trinajstić information content (AvgIpc) is 2.91. The maximum Gasteiger partial charge on any atom is 0.315 e. The lowest BCUT2D eigenvalue weighted by Gasteiger charge is -2.17. The van der Waals surface area contributed by atoms with E-state index in [1.807, 2.05) is 6.92 Å². The molecule has 23 heavy (non-hydrogen) atoms. The fourth-order valence-corrected chi connectivity index (χ4v) is 3.48. The van der Waals surface area contributed by atoms with Gasteiger partial charge in [-0.05, 0) is 12.5 Å². The van der Waals surface area contributed by atoms with Crippen LogP contribution in [0.15, 0.2) is 30.6 Å². The topological polar surface area (TPSA) is 71.8 Å². The predicted octanol–water partition coefficient (Wildman–Crippen LogP) is 1.92. The molecule has 2 amide bonds. The molecule has 0 fully saturated rings. The van der Waals surface area contributed by atoms with Crippen LogP contribution < -0.4 is 15.8 Å². The molecule has 0 bridgehead atoms. The molecule has 0 saturated heterocycles. The smallest absolute Gasteiger partial charge is 0.315 e. The van der Waals surface area contributed by atoms with Crippen molar-refractivity contribution in [3.8, 4) is 0 Å². The zero-order valence-corrected chi connectivity index (χ0v) is 15.4. The summed E-state index contributed by atoms with van der Waals surface area (Å²) in [4.78, 5) is 16.1. The van der Waals surface area contributed by atoms with Crippen molar-refractivity contribution in [1.29, 1.82) is 0 Å². The summed E-state index contributed by atoms with van der Waals surface area (Å²) >= 11 is 0. The Labute approximate surface area is 138 Å². The number of hydrogen-bond donors (Lipinski definition) is 2. The third-order valence-corrected chi connectivity index (χ3v) is 5.82. The predicted molar refractivity (Wildman–Crippen MR) is 94.2 cm³/mol. The summed E-state index contributed by atoms with van der Waals surface area (Å²) in [5.74, 6) is 0.722. The highest BCUT2D eigenvalue weighted by atomic mass is 28.3. The number of nitrogens with one attached hydrogen (secondary N) is 2.